The molecule has 0 aliphatic carbocycles. The highest BCUT2D eigenvalue weighted by atomic mass is 32.2. The number of carbonyl (C=O) groups is 1. The second-order valence-electron chi connectivity index (χ2n) is 7.64. The molecule has 10 nitrogen and oxygen atoms in total. The zero-order valence-corrected chi connectivity index (χ0v) is 19.6. The number of anilines is 1. The number of amides is 1. The predicted octanol–water partition coefficient (Wildman–Crippen LogP) is 3.57. The molecule has 34 heavy (non-hydrogen) atoms. The fraction of sp³-hybridized carbons (Fsp3) is 0.217. The lowest BCUT2D eigenvalue weighted by Crippen LogP contribution is -2.21. The van der Waals surface area contributed by atoms with Crippen molar-refractivity contribution in [3.63, 3.8) is 0 Å². The number of aromatic nitrogens is 5. The average molecular weight is 477 g/mol. The SMILES string of the molecule is C/C(CCc1ccccc1)=N\NC(=O)c1nnn(-c2nonc2N)c1CSc1ccc(C)cc1. The number of thioether (sulfide) groups is 1. The Morgan fingerprint density at radius 3 is 2.62 bits per heavy atom. The molecule has 0 spiro atoms. The number of rotatable bonds is 9. The van der Waals surface area contributed by atoms with Gasteiger partial charge in [-0.1, -0.05) is 53.2 Å². The van der Waals surface area contributed by atoms with Crippen LogP contribution in [0, 0.1) is 6.92 Å². The van der Waals surface area contributed by atoms with Crippen LogP contribution in [0.15, 0.2) is 69.2 Å². The highest BCUT2D eigenvalue weighted by Gasteiger charge is 2.24. The fourth-order valence-electron chi connectivity index (χ4n) is 3.13. The van der Waals surface area contributed by atoms with E-state index in [2.05, 4.69) is 43.3 Å². The maximum absolute atomic E-state index is 12.9. The van der Waals surface area contributed by atoms with Crippen molar-refractivity contribution in [2.45, 2.75) is 37.3 Å². The van der Waals surface area contributed by atoms with Crippen molar-refractivity contribution in [2.75, 3.05) is 5.73 Å². The molecule has 2 aromatic heterocycles. The van der Waals surface area contributed by atoms with Crippen molar-refractivity contribution in [3.8, 4) is 5.82 Å². The van der Waals surface area contributed by atoms with E-state index >= 15 is 0 Å². The molecular weight excluding hydrogens is 452 g/mol. The second-order valence-corrected chi connectivity index (χ2v) is 8.69. The van der Waals surface area contributed by atoms with Gasteiger partial charge < -0.3 is 5.73 Å². The first-order valence-electron chi connectivity index (χ1n) is 10.6. The molecule has 0 unspecified atom stereocenters. The van der Waals surface area contributed by atoms with Gasteiger partial charge in [0.15, 0.2) is 5.69 Å². The van der Waals surface area contributed by atoms with E-state index in [0.717, 1.165) is 22.6 Å². The van der Waals surface area contributed by atoms with Crippen LogP contribution in [-0.2, 0) is 12.2 Å². The topological polar surface area (TPSA) is 137 Å². The van der Waals surface area contributed by atoms with Gasteiger partial charge in [0, 0.05) is 16.4 Å². The lowest BCUT2D eigenvalue weighted by molar-refractivity contribution is 0.0949. The Labute approximate surface area is 200 Å². The molecule has 0 bridgehead atoms. The number of hydrogen-bond acceptors (Lipinski definition) is 9. The quantitative estimate of drug-likeness (QED) is 0.212. The first-order chi connectivity index (χ1) is 16.5. The van der Waals surface area contributed by atoms with Gasteiger partial charge in [0.05, 0.1) is 5.69 Å². The van der Waals surface area contributed by atoms with Gasteiger partial charge in [-0.25, -0.2) is 10.1 Å². The van der Waals surface area contributed by atoms with E-state index in [1.54, 1.807) is 0 Å². The summed E-state index contributed by atoms with van der Waals surface area (Å²) in [5, 5.41) is 19.8. The molecule has 174 valence electrons. The minimum Gasteiger partial charge on any atom is -0.378 e. The molecule has 4 rings (SSSR count). The highest BCUT2D eigenvalue weighted by Crippen LogP contribution is 2.26. The number of nitrogens with one attached hydrogen (secondary N) is 1. The monoisotopic (exact) mass is 476 g/mol. The van der Waals surface area contributed by atoms with Gasteiger partial charge in [0.2, 0.25) is 11.6 Å². The van der Waals surface area contributed by atoms with Crippen molar-refractivity contribution >= 4 is 29.2 Å². The third kappa shape index (κ3) is 5.67. The molecule has 3 N–H and O–H groups in total. The molecule has 0 radical (unpaired) electrons. The van der Waals surface area contributed by atoms with Gasteiger partial charge in [0.25, 0.3) is 5.91 Å². The number of aryl methyl sites for hydroxylation is 2. The minimum absolute atomic E-state index is 0.0493. The van der Waals surface area contributed by atoms with Crippen LogP contribution < -0.4 is 11.2 Å². The Hall–Kier alpha value is -3.99. The Kier molecular flexibility index (Phi) is 7.33. The zero-order chi connectivity index (χ0) is 23.9. The van der Waals surface area contributed by atoms with Gasteiger partial charge in [-0.3, -0.25) is 4.79 Å². The summed E-state index contributed by atoms with van der Waals surface area (Å²) in [6, 6.07) is 18.2. The summed E-state index contributed by atoms with van der Waals surface area (Å²) in [5.41, 5.74) is 12.2. The van der Waals surface area contributed by atoms with Crippen molar-refractivity contribution in [3.05, 3.63) is 77.1 Å². The Morgan fingerprint density at radius 2 is 1.91 bits per heavy atom. The number of hydrogen-bond donors (Lipinski definition) is 2. The summed E-state index contributed by atoms with van der Waals surface area (Å²) < 4.78 is 6.07. The molecule has 0 atom stereocenters. The molecule has 4 aromatic rings. The fourth-order valence-corrected chi connectivity index (χ4v) is 4.02. The third-order valence-corrected chi connectivity index (χ3v) is 6.06. The third-order valence-electron chi connectivity index (χ3n) is 5.04. The van der Waals surface area contributed by atoms with Crippen LogP contribution in [0.4, 0.5) is 5.82 Å². The van der Waals surface area contributed by atoms with E-state index in [0.29, 0.717) is 17.9 Å². The van der Waals surface area contributed by atoms with Crippen LogP contribution in [0.2, 0.25) is 0 Å². The highest BCUT2D eigenvalue weighted by molar-refractivity contribution is 7.98. The van der Waals surface area contributed by atoms with Crippen molar-refractivity contribution < 1.29 is 9.42 Å². The molecule has 0 saturated carbocycles. The summed E-state index contributed by atoms with van der Waals surface area (Å²) in [5.74, 6) is 0.142. The number of nitrogens with zero attached hydrogens (tertiary/aromatic N) is 6. The summed E-state index contributed by atoms with van der Waals surface area (Å²) >= 11 is 1.53. The lowest BCUT2D eigenvalue weighted by Gasteiger charge is -2.06. The maximum atomic E-state index is 12.9. The second kappa shape index (κ2) is 10.8. The maximum Gasteiger partial charge on any atom is 0.293 e. The number of carbonyl (C=O) groups excluding carboxylic acids is 1. The molecule has 0 aliphatic heterocycles. The molecule has 0 fully saturated rings. The standard InChI is InChI=1S/C23H24N8O2S/c1-15-8-12-18(13-9-15)34-14-19-20(26-30-31(19)22-21(24)28-33-29-22)23(32)27-25-16(2)10-11-17-6-4-3-5-7-17/h3-9,12-13H,10-11,14H2,1-2H3,(H2,24,28)(H,27,32)/b25-16+. The number of benzene rings is 2. The molecular formula is C23H24N8O2S. The van der Waals surface area contributed by atoms with Gasteiger partial charge in [-0.15, -0.1) is 16.9 Å². The van der Waals surface area contributed by atoms with Crippen LogP contribution >= 0.6 is 11.8 Å². The Bertz CT molecular complexity index is 1280. The van der Waals surface area contributed by atoms with Gasteiger partial charge in [0.1, 0.15) is 0 Å². The summed E-state index contributed by atoms with van der Waals surface area (Å²) in [7, 11) is 0. The molecule has 2 aromatic carbocycles. The van der Waals surface area contributed by atoms with E-state index < -0.39 is 5.91 Å². The Balaban J connectivity index is 1.50. The molecule has 11 heteroatoms. The number of hydrazone groups is 1. The first-order valence-corrected chi connectivity index (χ1v) is 11.6. The molecule has 2 heterocycles. The van der Waals surface area contributed by atoms with Crippen LogP contribution in [0.5, 0.6) is 0 Å². The van der Waals surface area contributed by atoms with Crippen molar-refractivity contribution in [1.29, 1.82) is 0 Å². The van der Waals surface area contributed by atoms with Crippen LogP contribution in [0.25, 0.3) is 5.82 Å². The van der Waals surface area contributed by atoms with E-state index in [-0.39, 0.29) is 17.3 Å². The molecule has 0 saturated heterocycles. The molecule has 1 amide bonds. The summed E-state index contributed by atoms with van der Waals surface area (Å²) in [6.45, 7) is 3.90. The van der Waals surface area contributed by atoms with E-state index in [1.165, 1.54) is 22.0 Å². The average Bonchev–Trinajstić information content (AvgIpc) is 3.47. The van der Waals surface area contributed by atoms with E-state index in [9.17, 15) is 4.79 Å². The van der Waals surface area contributed by atoms with Crippen molar-refractivity contribution in [2.24, 2.45) is 5.10 Å². The van der Waals surface area contributed by atoms with Crippen LogP contribution in [-0.4, -0.2) is 36.9 Å². The molecule has 0 aliphatic rings. The van der Waals surface area contributed by atoms with Crippen LogP contribution in [0.1, 0.15) is 40.7 Å². The van der Waals surface area contributed by atoms with E-state index in [1.807, 2.05) is 56.3 Å². The number of nitrogens with two attached hydrogens (primary N) is 1. The first kappa shape index (κ1) is 23.2. The minimum atomic E-state index is -0.472. The predicted molar refractivity (Wildman–Crippen MR) is 130 cm³/mol. The van der Waals surface area contributed by atoms with Gasteiger partial charge in [-0.05, 0) is 54.7 Å². The number of nitrogen functional groups attached to an aromatic ring is 1. The van der Waals surface area contributed by atoms with Gasteiger partial charge >= 0.3 is 0 Å². The smallest absolute Gasteiger partial charge is 0.293 e. The lowest BCUT2D eigenvalue weighted by atomic mass is 10.1. The Morgan fingerprint density at radius 1 is 1.15 bits per heavy atom. The summed E-state index contributed by atoms with van der Waals surface area (Å²) in [6.07, 6.45) is 1.55. The van der Waals surface area contributed by atoms with Crippen LogP contribution in [0.3, 0.4) is 0 Å². The van der Waals surface area contributed by atoms with Gasteiger partial charge in [-0.2, -0.15) is 9.78 Å². The normalized spacial score (nSPS) is 11.5. The van der Waals surface area contributed by atoms with E-state index in [4.69, 9.17) is 10.4 Å². The largest absolute Gasteiger partial charge is 0.378 e. The van der Waals surface area contributed by atoms with Crippen molar-refractivity contribution in [1.82, 2.24) is 30.7 Å². The summed E-state index contributed by atoms with van der Waals surface area (Å²) in [4.78, 5) is 14.0. The zero-order valence-electron chi connectivity index (χ0n) is 18.8.